The molecular formula is C59H107NO5. The van der Waals surface area contributed by atoms with Crippen molar-refractivity contribution in [3.63, 3.8) is 0 Å². The van der Waals surface area contributed by atoms with Crippen LogP contribution in [0, 0.1) is 0 Å². The standard InChI is InChI=1S/C59H107NO5/c1-4-7-10-13-16-19-22-25-28-31-34-37-40-43-46-49-52-59(64)65-55(50-47-44-41-38-35-32-29-26-23-20-17-14-11-8-5-2)53-58(63)60-56(54-61)57(62)51-48-45-42-39-36-33-30-27-24-21-18-15-12-9-6-3/h7,10,16,19,25,28,34,37,43,46,55-57,61-62H,4-6,8-9,11-15,17-18,20-24,26-27,29-33,35-36,38-42,44-45,47-54H2,1-3H3,(H,60,63)/b10-7+,19-16+,28-25+,37-34+,46-43+. The van der Waals surface area contributed by atoms with Crippen molar-refractivity contribution < 1.29 is 24.5 Å². The van der Waals surface area contributed by atoms with Gasteiger partial charge in [0.2, 0.25) is 5.91 Å². The summed E-state index contributed by atoms with van der Waals surface area (Å²) in [6, 6.07) is -0.716. The highest BCUT2D eigenvalue weighted by Crippen LogP contribution is 2.18. The molecule has 0 aliphatic rings. The van der Waals surface area contributed by atoms with Gasteiger partial charge in [0.15, 0.2) is 0 Å². The Labute approximate surface area is 403 Å². The minimum Gasteiger partial charge on any atom is -0.462 e. The highest BCUT2D eigenvalue weighted by Gasteiger charge is 2.24. The number of carbonyl (C=O) groups is 2. The van der Waals surface area contributed by atoms with E-state index in [9.17, 15) is 19.8 Å². The average molecular weight is 911 g/mol. The van der Waals surface area contributed by atoms with Gasteiger partial charge in [-0.3, -0.25) is 9.59 Å². The fourth-order valence-electron chi connectivity index (χ4n) is 8.42. The molecule has 0 saturated carbocycles. The van der Waals surface area contributed by atoms with E-state index < -0.39 is 18.2 Å². The molecule has 0 saturated heterocycles. The summed E-state index contributed by atoms with van der Waals surface area (Å²) in [5.41, 5.74) is 0. The summed E-state index contributed by atoms with van der Waals surface area (Å²) in [4.78, 5) is 26.2. The van der Waals surface area contributed by atoms with Crippen LogP contribution in [0.3, 0.4) is 0 Å². The maximum atomic E-state index is 13.2. The lowest BCUT2D eigenvalue weighted by Gasteiger charge is -2.24. The highest BCUT2D eigenvalue weighted by atomic mass is 16.5. The molecule has 6 nitrogen and oxygen atoms in total. The lowest BCUT2D eigenvalue weighted by molar-refractivity contribution is -0.150. The van der Waals surface area contributed by atoms with Gasteiger partial charge in [-0.25, -0.2) is 0 Å². The number of rotatable bonds is 50. The second-order valence-electron chi connectivity index (χ2n) is 19.0. The molecule has 3 N–H and O–H groups in total. The monoisotopic (exact) mass is 910 g/mol. The second kappa shape index (κ2) is 52.5. The van der Waals surface area contributed by atoms with Crippen molar-refractivity contribution in [2.45, 2.75) is 296 Å². The van der Waals surface area contributed by atoms with Crippen LogP contribution >= 0.6 is 0 Å². The van der Waals surface area contributed by atoms with Crippen LogP contribution in [0.15, 0.2) is 60.8 Å². The average Bonchev–Trinajstić information content (AvgIpc) is 3.30. The summed E-state index contributed by atoms with van der Waals surface area (Å²) in [5.74, 6) is -0.562. The molecule has 0 aliphatic carbocycles. The molecule has 378 valence electrons. The minimum absolute atomic E-state index is 0.0498. The van der Waals surface area contributed by atoms with Crippen molar-refractivity contribution in [3.05, 3.63) is 60.8 Å². The van der Waals surface area contributed by atoms with E-state index in [4.69, 9.17) is 4.74 Å². The molecule has 0 rings (SSSR count). The summed E-state index contributed by atoms with van der Waals surface area (Å²) in [5, 5.41) is 23.8. The Kier molecular flexibility index (Phi) is 50.6. The number of ether oxygens (including phenoxy) is 1. The number of unbranched alkanes of at least 4 members (excludes halogenated alkanes) is 28. The normalized spacial score (nSPS) is 13.6. The molecule has 65 heavy (non-hydrogen) atoms. The molecule has 1 amide bonds. The summed E-state index contributed by atoms with van der Waals surface area (Å²) in [7, 11) is 0. The fraction of sp³-hybridized carbons (Fsp3) is 0.797. The Hall–Kier alpha value is -2.44. The Bertz CT molecular complexity index is 1160. The minimum atomic E-state index is -0.800. The first-order valence-electron chi connectivity index (χ1n) is 28.0. The van der Waals surface area contributed by atoms with Gasteiger partial charge in [0.1, 0.15) is 6.10 Å². The molecule has 0 radical (unpaired) electrons. The van der Waals surface area contributed by atoms with E-state index >= 15 is 0 Å². The third-order valence-corrected chi connectivity index (χ3v) is 12.6. The van der Waals surface area contributed by atoms with Crippen LogP contribution < -0.4 is 5.32 Å². The molecule has 3 atom stereocenters. The summed E-state index contributed by atoms with van der Waals surface area (Å²) in [6.45, 7) is 6.38. The number of allylic oxidation sites excluding steroid dienone is 10. The van der Waals surface area contributed by atoms with E-state index in [0.717, 1.165) is 70.6 Å². The van der Waals surface area contributed by atoms with Gasteiger partial charge in [-0.2, -0.15) is 0 Å². The first-order valence-corrected chi connectivity index (χ1v) is 28.0. The third kappa shape index (κ3) is 47.8. The molecule has 0 aliphatic heterocycles. The SMILES string of the molecule is CC/C=C/C/C=C/C/C=C/C/C=C/C/C=C/CCC(=O)OC(CCCCCCCCCCCCCCCCC)CC(=O)NC(CO)C(O)CCCCCCCCCCCCCCCCC. The van der Waals surface area contributed by atoms with Crippen LogP contribution in [-0.2, 0) is 14.3 Å². The van der Waals surface area contributed by atoms with E-state index in [1.807, 2.05) is 6.08 Å². The number of aliphatic hydroxyl groups excluding tert-OH is 2. The lowest BCUT2D eigenvalue weighted by Crippen LogP contribution is -2.46. The predicted molar refractivity (Wildman–Crippen MR) is 282 cm³/mol. The summed E-state index contributed by atoms with van der Waals surface area (Å²) >= 11 is 0. The van der Waals surface area contributed by atoms with Gasteiger partial charge >= 0.3 is 5.97 Å². The van der Waals surface area contributed by atoms with E-state index in [1.54, 1.807) is 0 Å². The highest BCUT2D eigenvalue weighted by molar-refractivity contribution is 5.77. The number of hydrogen-bond acceptors (Lipinski definition) is 5. The second-order valence-corrected chi connectivity index (χ2v) is 19.0. The van der Waals surface area contributed by atoms with Gasteiger partial charge in [0.05, 0.1) is 25.2 Å². The van der Waals surface area contributed by atoms with Crippen LogP contribution in [0.5, 0.6) is 0 Å². The smallest absolute Gasteiger partial charge is 0.306 e. The van der Waals surface area contributed by atoms with Crippen molar-refractivity contribution in [3.8, 4) is 0 Å². The quantitative estimate of drug-likeness (QED) is 0.0321. The number of esters is 1. The molecule has 0 aromatic rings. The molecule has 3 unspecified atom stereocenters. The zero-order valence-electron chi connectivity index (χ0n) is 43.1. The number of aliphatic hydroxyl groups is 2. The van der Waals surface area contributed by atoms with Gasteiger partial charge in [-0.15, -0.1) is 0 Å². The molecule has 0 aromatic carbocycles. The van der Waals surface area contributed by atoms with Gasteiger partial charge in [0, 0.05) is 6.42 Å². The van der Waals surface area contributed by atoms with Crippen molar-refractivity contribution in [1.82, 2.24) is 5.32 Å². The Morgan fingerprint density at radius 2 is 0.800 bits per heavy atom. The number of nitrogens with one attached hydrogen (secondary N) is 1. The Morgan fingerprint density at radius 3 is 1.17 bits per heavy atom. The summed E-state index contributed by atoms with van der Waals surface area (Å²) in [6.07, 6.45) is 65.8. The maximum Gasteiger partial charge on any atom is 0.306 e. The van der Waals surface area contributed by atoms with Crippen molar-refractivity contribution in [1.29, 1.82) is 0 Å². The van der Waals surface area contributed by atoms with E-state index in [2.05, 4.69) is 80.8 Å². The number of carbonyl (C=O) groups excluding carboxylic acids is 2. The van der Waals surface area contributed by atoms with Crippen LogP contribution in [0.2, 0.25) is 0 Å². The third-order valence-electron chi connectivity index (χ3n) is 12.6. The Morgan fingerprint density at radius 1 is 0.462 bits per heavy atom. The van der Waals surface area contributed by atoms with Crippen LogP contribution in [0.1, 0.15) is 278 Å². The van der Waals surface area contributed by atoms with Gasteiger partial charge in [-0.1, -0.05) is 268 Å². The van der Waals surface area contributed by atoms with Gasteiger partial charge in [-0.05, 0) is 57.8 Å². The zero-order valence-corrected chi connectivity index (χ0v) is 43.1. The summed E-state index contributed by atoms with van der Waals surface area (Å²) < 4.78 is 5.91. The Balaban J connectivity index is 4.64. The van der Waals surface area contributed by atoms with E-state index in [1.165, 1.54) is 154 Å². The van der Waals surface area contributed by atoms with E-state index in [0.29, 0.717) is 19.3 Å². The van der Waals surface area contributed by atoms with E-state index in [-0.39, 0.29) is 31.3 Å². The van der Waals surface area contributed by atoms with Crippen molar-refractivity contribution in [2.24, 2.45) is 0 Å². The first kappa shape index (κ1) is 62.6. The molecule has 0 spiro atoms. The predicted octanol–water partition coefficient (Wildman–Crippen LogP) is 17.2. The molecule has 0 bridgehead atoms. The maximum absolute atomic E-state index is 13.2. The van der Waals surface area contributed by atoms with Crippen LogP contribution in [-0.4, -0.2) is 46.9 Å². The first-order chi connectivity index (χ1) is 32.0. The van der Waals surface area contributed by atoms with Crippen LogP contribution in [0.25, 0.3) is 0 Å². The van der Waals surface area contributed by atoms with Crippen molar-refractivity contribution in [2.75, 3.05) is 6.61 Å². The molecule has 0 fully saturated rings. The topological polar surface area (TPSA) is 95.9 Å². The molecular weight excluding hydrogens is 803 g/mol. The largest absolute Gasteiger partial charge is 0.462 e. The molecule has 0 aromatic heterocycles. The zero-order chi connectivity index (χ0) is 47.4. The van der Waals surface area contributed by atoms with Crippen LogP contribution in [0.4, 0.5) is 0 Å². The molecule has 6 heteroatoms. The van der Waals surface area contributed by atoms with Gasteiger partial charge in [0.25, 0.3) is 0 Å². The lowest BCUT2D eigenvalue weighted by atomic mass is 10.0. The van der Waals surface area contributed by atoms with Crippen molar-refractivity contribution >= 4 is 11.9 Å². The number of hydrogen-bond donors (Lipinski definition) is 3. The fourth-order valence-corrected chi connectivity index (χ4v) is 8.42. The number of amides is 1. The van der Waals surface area contributed by atoms with Gasteiger partial charge < -0.3 is 20.3 Å². The molecule has 0 heterocycles.